The summed E-state index contributed by atoms with van der Waals surface area (Å²) in [6.07, 6.45) is 0.250. The standard InChI is InChI=1S/C3H9ClSi.CO2/c1-5(2,3)4;2-1-3/h1-3H3;. The Hall–Kier alpha value is -0.113. The van der Waals surface area contributed by atoms with Gasteiger partial charge in [0, 0.05) is 0 Å². The first-order valence-electron chi connectivity index (χ1n) is 2.10. The van der Waals surface area contributed by atoms with E-state index < -0.39 is 7.38 Å². The third kappa shape index (κ3) is 11000. The Balaban J connectivity index is 0. The van der Waals surface area contributed by atoms with Gasteiger partial charge in [-0.2, -0.15) is 20.7 Å². The Morgan fingerprint density at radius 2 is 1.25 bits per heavy atom. The Kier molecular flexibility index (Phi) is 6.79. The zero-order valence-corrected chi connectivity index (χ0v) is 6.95. The molecule has 0 aromatic carbocycles. The van der Waals surface area contributed by atoms with E-state index in [1.165, 1.54) is 0 Å². The SMILES string of the molecule is C[Si](C)(C)Cl.O=C=O. The summed E-state index contributed by atoms with van der Waals surface area (Å²) in [5, 5.41) is 0. The maximum absolute atomic E-state index is 8.12. The van der Waals surface area contributed by atoms with Crippen LogP contribution in [0.15, 0.2) is 0 Å². The molecule has 0 bridgehead atoms. The van der Waals surface area contributed by atoms with E-state index >= 15 is 0 Å². The molecule has 0 N–H and O–H groups in total. The van der Waals surface area contributed by atoms with Crippen LogP contribution in [0, 0.1) is 0 Å². The van der Waals surface area contributed by atoms with Crippen molar-refractivity contribution in [3.63, 3.8) is 0 Å². The zero-order valence-electron chi connectivity index (χ0n) is 5.19. The monoisotopic (exact) mass is 152 g/mol. The van der Waals surface area contributed by atoms with E-state index in [2.05, 4.69) is 19.6 Å². The first-order chi connectivity index (χ1) is 3.41. The summed E-state index contributed by atoms with van der Waals surface area (Å²) in [6, 6.07) is 0. The molecule has 2 nitrogen and oxygen atoms in total. The molecule has 0 aromatic heterocycles. The van der Waals surface area contributed by atoms with Crippen LogP contribution in [0.3, 0.4) is 0 Å². The highest BCUT2D eigenvalue weighted by atomic mass is 35.6. The van der Waals surface area contributed by atoms with E-state index in [0.717, 1.165) is 0 Å². The lowest BCUT2D eigenvalue weighted by Crippen LogP contribution is -2.06. The largest absolute Gasteiger partial charge is 0.373 e. The lowest BCUT2D eigenvalue weighted by Gasteiger charge is -1.97. The molecule has 8 heavy (non-hydrogen) atoms. The molecule has 0 spiro atoms. The predicted molar refractivity (Wildman–Crippen MR) is 34.2 cm³/mol. The molecule has 0 saturated heterocycles. The minimum absolute atomic E-state index is 0.250. The molecule has 0 rings (SSSR count). The molecular formula is C4H9ClO2Si. The summed E-state index contributed by atoms with van der Waals surface area (Å²) in [6.45, 7) is 6.28. The second kappa shape index (κ2) is 5.03. The van der Waals surface area contributed by atoms with Gasteiger partial charge >= 0.3 is 6.15 Å². The van der Waals surface area contributed by atoms with Crippen LogP contribution in [0.5, 0.6) is 0 Å². The van der Waals surface area contributed by atoms with Crippen molar-refractivity contribution in [1.29, 1.82) is 0 Å². The lowest BCUT2D eigenvalue weighted by molar-refractivity contribution is -0.191. The number of carbonyl (C=O) groups excluding carboxylic acids is 2. The van der Waals surface area contributed by atoms with E-state index in [1.807, 2.05) is 0 Å². The fraction of sp³-hybridized carbons (Fsp3) is 0.750. The van der Waals surface area contributed by atoms with Crippen molar-refractivity contribution in [3.8, 4) is 0 Å². The van der Waals surface area contributed by atoms with Gasteiger partial charge in [0.25, 0.3) is 0 Å². The van der Waals surface area contributed by atoms with Gasteiger partial charge in [-0.05, 0) is 0 Å². The topological polar surface area (TPSA) is 34.1 Å². The Morgan fingerprint density at radius 1 is 1.25 bits per heavy atom. The normalized spacial score (nSPS) is 8.50. The summed E-state index contributed by atoms with van der Waals surface area (Å²) in [5.41, 5.74) is 0. The third-order valence-electron chi connectivity index (χ3n) is 0. The van der Waals surface area contributed by atoms with Gasteiger partial charge in [-0.25, -0.2) is 0 Å². The van der Waals surface area contributed by atoms with E-state index in [4.69, 9.17) is 20.7 Å². The van der Waals surface area contributed by atoms with Crippen molar-refractivity contribution in [1.82, 2.24) is 0 Å². The van der Waals surface area contributed by atoms with Crippen LogP contribution in [-0.2, 0) is 9.59 Å². The smallest absolute Gasteiger partial charge is 0.186 e. The Labute approximate surface area is 54.6 Å². The summed E-state index contributed by atoms with van der Waals surface area (Å²) in [7, 11) is -1.14. The van der Waals surface area contributed by atoms with Gasteiger partial charge in [0.2, 0.25) is 0 Å². The van der Waals surface area contributed by atoms with Gasteiger partial charge in [-0.1, -0.05) is 19.6 Å². The van der Waals surface area contributed by atoms with Crippen molar-refractivity contribution in [2.45, 2.75) is 19.6 Å². The highest BCUT2D eigenvalue weighted by molar-refractivity contribution is 7.18. The highest BCUT2D eigenvalue weighted by Crippen LogP contribution is 2.03. The van der Waals surface area contributed by atoms with Gasteiger partial charge in [0.1, 0.15) is 7.38 Å². The molecule has 0 saturated carbocycles. The van der Waals surface area contributed by atoms with Gasteiger partial charge in [-0.3, -0.25) is 0 Å². The summed E-state index contributed by atoms with van der Waals surface area (Å²) < 4.78 is 0. The van der Waals surface area contributed by atoms with E-state index in [1.54, 1.807) is 0 Å². The van der Waals surface area contributed by atoms with Crippen molar-refractivity contribution >= 4 is 24.6 Å². The van der Waals surface area contributed by atoms with Crippen LogP contribution in [-0.4, -0.2) is 13.5 Å². The molecular weight excluding hydrogens is 144 g/mol. The van der Waals surface area contributed by atoms with Crippen LogP contribution in [0.25, 0.3) is 0 Å². The summed E-state index contributed by atoms with van der Waals surface area (Å²) in [4.78, 5) is 16.2. The number of rotatable bonds is 0. The maximum Gasteiger partial charge on any atom is 0.373 e. The number of hydrogen-bond acceptors (Lipinski definition) is 2. The molecule has 0 amide bonds. The molecule has 0 aromatic rings. The molecule has 0 aliphatic carbocycles. The van der Waals surface area contributed by atoms with E-state index in [-0.39, 0.29) is 6.15 Å². The van der Waals surface area contributed by atoms with Crippen LogP contribution >= 0.6 is 11.1 Å². The molecule has 48 valence electrons. The molecule has 0 aliphatic heterocycles. The average Bonchev–Trinajstić information content (AvgIpc) is 1.27. The molecule has 0 fully saturated rings. The lowest BCUT2D eigenvalue weighted by atomic mass is 11.8. The third-order valence-corrected chi connectivity index (χ3v) is 0. The first kappa shape index (κ1) is 10.8. The minimum atomic E-state index is -1.14. The molecule has 0 aliphatic rings. The first-order valence-corrected chi connectivity index (χ1v) is 6.61. The van der Waals surface area contributed by atoms with Gasteiger partial charge in [0.05, 0.1) is 0 Å². The molecule has 0 heterocycles. The predicted octanol–water partition coefficient (Wildman–Crippen LogP) is 1.48. The molecule has 4 heteroatoms. The van der Waals surface area contributed by atoms with Gasteiger partial charge < -0.3 is 0 Å². The zero-order chi connectivity index (χ0) is 7.21. The quantitative estimate of drug-likeness (QED) is 0.389. The van der Waals surface area contributed by atoms with Crippen molar-refractivity contribution in [3.05, 3.63) is 0 Å². The minimum Gasteiger partial charge on any atom is -0.186 e. The Morgan fingerprint density at radius 3 is 1.25 bits per heavy atom. The molecule has 0 radical (unpaired) electrons. The van der Waals surface area contributed by atoms with E-state index in [0.29, 0.717) is 0 Å². The van der Waals surface area contributed by atoms with Crippen LogP contribution < -0.4 is 0 Å². The fourth-order valence-corrected chi connectivity index (χ4v) is 0. The van der Waals surface area contributed by atoms with Crippen LogP contribution in [0.4, 0.5) is 0 Å². The number of halogens is 1. The average molecular weight is 153 g/mol. The van der Waals surface area contributed by atoms with Crippen molar-refractivity contribution < 1.29 is 9.59 Å². The Bertz CT molecular complexity index is 74.5. The van der Waals surface area contributed by atoms with Crippen molar-refractivity contribution in [2.24, 2.45) is 0 Å². The second-order valence-electron chi connectivity index (χ2n) is 2.15. The van der Waals surface area contributed by atoms with Crippen molar-refractivity contribution in [2.75, 3.05) is 0 Å². The fourth-order valence-electron chi connectivity index (χ4n) is 0. The number of hydrogen-bond donors (Lipinski definition) is 0. The van der Waals surface area contributed by atoms with Crippen LogP contribution in [0.2, 0.25) is 19.6 Å². The highest BCUT2D eigenvalue weighted by Gasteiger charge is 2.04. The van der Waals surface area contributed by atoms with Crippen LogP contribution in [0.1, 0.15) is 0 Å². The maximum atomic E-state index is 8.12. The summed E-state index contributed by atoms with van der Waals surface area (Å²) >= 11 is 5.67. The molecule has 0 unspecified atom stereocenters. The van der Waals surface area contributed by atoms with E-state index in [9.17, 15) is 0 Å². The second-order valence-corrected chi connectivity index (χ2v) is 9.69. The molecule has 0 atom stereocenters. The van der Waals surface area contributed by atoms with Gasteiger partial charge in [0.15, 0.2) is 0 Å². The summed E-state index contributed by atoms with van der Waals surface area (Å²) in [5.74, 6) is 0. The van der Waals surface area contributed by atoms with Gasteiger partial charge in [-0.15, -0.1) is 0 Å².